The average molecular weight is 423 g/mol. The van der Waals surface area contributed by atoms with E-state index in [0.717, 1.165) is 0 Å². The fourth-order valence-electron chi connectivity index (χ4n) is 0. The van der Waals surface area contributed by atoms with Gasteiger partial charge < -0.3 is 0 Å². The van der Waals surface area contributed by atoms with Gasteiger partial charge in [0.05, 0.1) is 0 Å². The Balaban J connectivity index is -0.000000000333. The Morgan fingerprint density at radius 3 is 0.875 bits per heavy atom. The largest absolute Gasteiger partial charge is 0.0114 e. The Kier molecular flexibility index (Phi) is 505. The summed E-state index contributed by atoms with van der Waals surface area (Å²) < 4.78 is 0. The van der Waals surface area contributed by atoms with Crippen LogP contribution in [0, 0.1) is 0 Å². The predicted molar refractivity (Wildman–Crippen MR) is 17.1 cm³/mol. The van der Waals surface area contributed by atoms with Gasteiger partial charge in [-0.25, -0.2) is 0 Å². The van der Waals surface area contributed by atoms with E-state index >= 15 is 0 Å². The average Bonchev–Trinajstić information content (AvgIpc) is 1.00. The van der Waals surface area contributed by atoms with Crippen LogP contribution in [0.15, 0.2) is 0 Å². The molecule has 0 aromatic rings. The molecule has 8 heteroatoms. The third-order valence-electron chi connectivity index (χ3n) is 0. The first-order chi connectivity index (χ1) is 1.00. The molecule has 0 rings (SSSR count). The van der Waals surface area contributed by atoms with Crippen molar-refractivity contribution in [3.63, 3.8) is 0 Å². The minimum atomic E-state index is 0. The van der Waals surface area contributed by atoms with Crippen LogP contribution in [0.5, 0.6) is 0 Å². The van der Waals surface area contributed by atoms with Gasteiger partial charge in [-0.15, -0.1) is 0 Å². The molecule has 0 heterocycles. The predicted octanol–water partition coefficient (Wildman–Crippen LogP) is -1.85. The van der Waals surface area contributed by atoms with Crippen molar-refractivity contribution in [3.8, 4) is 0 Å². The molecule has 0 spiro atoms. The smallest absolute Gasteiger partial charge is 0 e. The minimum Gasteiger partial charge on any atom is -0.0114 e. The van der Waals surface area contributed by atoms with Crippen molar-refractivity contribution in [2.24, 2.45) is 0 Å². The molecule has 0 aliphatic carbocycles. The second kappa shape index (κ2) is 69.2. The molecule has 0 saturated heterocycles. The van der Waals surface area contributed by atoms with Gasteiger partial charge in [-0.3, -0.25) is 0 Å². The molecule has 0 saturated carbocycles. The number of hydrogen-bond donors (Lipinski definition) is 0. The van der Waals surface area contributed by atoms with Crippen molar-refractivity contribution in [2.75, 3.05) is 0 Å². The van der Waals surface area contributed by atoms with E-state index in [0.29, 0.717) is 0 Å². The van der Waals surface area contributed by atoms with E-state index in [-0.39, 0.29) is 112 Å². The van der Waals surface area contributed by atoms with Crippen molar-refractivity contribution >= 4 is 19.5 Å². The quantitative estimate of drug-likeness (QED) is 0.402. The first-order valence-corrected chi connectivity index (χ1v) is 5.20. The third kappa shape index (κ3) is 50.9. The maximum atomic E-state index is 2.56. The van der Waals surface area contributed by atoms with Crippen molar-refractivity contribution in [1.29, 1.82) is 0 Å². The van der Waals surface area contributed by atoms with E-state index in [4.69, 9.17) is 0 Å². The molecule has 0 aromatic heterocycles. The summed E-state index contributed by atoms with van der Waals surface area (Å²) in [6, 6.07) is 0. The van der Waals surface area contributed by atoms with Crippen LogP contribution in [-0.4, -0.2) is 19.5 Å². The topological polar surface area (TPSA) is 0 Å². The van der Waals surface area contributed by atoms with Gasteiger partial charge in [0.15, 0.2) is 0 Å². The molecule has 0 nitrogen and oxygen atoms in total. The second-order valence-electron chi connectivity index (χ2n) is 0. The Morgan fingerprint density at radius 1 is 0.875 bits per heavy atom. The summed E-state index contributed by atoms with van der Waals surface area (Å²) in [6.07, 6.45) is 0. The van der Waals surface area contributed by atoms with Crippen molar-refractivity contribution in [3.05, 3.63) is 0 Å². The second-order valence-corrected chi connectivity index (χ2v) is 0. The van der Waals surface area contributed by atoms with E-state index in [1.165, 1.54) is 9.76 Å². The van der Waals surface area contributed by atoms with Gasteiger partial charge in [-0.05, 0) is 19.5 Å². The standard InChI is InChI=1S/3Fe.Mn.Nb.H4Si2.Ti/c;;;;;1-2;/h;;;;;1H,2H3;. The van der Waals surface area contributed by atoms with Crippen LogP contribution in [-0.2, 0) is 112 Å². The zero-order valence-corrected chi connectivity index (χ0v) is 15.4. The van der Waals surface area contributed by atoms with Crippen LogP contribution in [0.1, 0.15) is 0 Å². The Hall–Kier alpha value is 3.97. The van der Waals surface area contributed by atoms with Gasteiger partial charge in [0, 0.05) is 112 Å². The summed E-state index contributed by atoms with van der Waals surface area (Å²) in [5, 5.41) is 0. The van der Waals surface area contributed by atoms with Crippen LogP contribution < -0.4 is 0 Å². The molecule has 4 radical (unpaired) electrons. The Bertz CT molecular complexity index is 17.2. The summed E-state index contributed by atoms with van der Waals surface area (Å²) in [7, 11) is 3.78. The maximum absolute atomic E-state index is 2.56. The summed E-state index contributed by atoms with van der Waals surface area (Å²) in [5.41, 5.74) is 0. The van der Waals surface area contributed by atoms with Crippen molar-refractivity contribution in [2.45, 2.75) is 0 Å². The Morgan fingerprint density at radius 2 is 0.875 bits per heavy atom. The monoisotopic (exact) mass is 424 g/mol. The molecule has 52 valence electrons. The molecule has 0 unspecified atom stereocenters. The van der Waals surface area contributed by atoms with Crippen LogP contribution in [0.2, 0.25) is 0 Å². The molecule has 0 bridgehead atoms. The SMILES string of the molecule is [Fe].[Fe].[Fe].[Mn].[Nb].[SiH][SiH3].[Ti]. The minimum absolute atomic E-state index is 0. The van der Waals surface area contributed by atoms with Crippen LogP contribution >= 0.6 is 0 Å². The van der Waals surface area contributed by atoms with E-state index in [1.807, 2.05) is 0 Å². The zero-order valence-electron chi connectivity index (χ0n) is 3.96. The van der Waals surface area contributed by atoms with E-state index < -0.39 is 0 Å². The number of rotatable bonds is 0. The van der Waals surface area contributed by atoms with Gasteiger partial charge in [-0.2, -0.15) is 0 Å². The molecule has 0 fully saturated rings. The molecule has 0 N–H and O–H groups in total. The van der Waals surface area contributed by atoms with Crippen LogP contribution in [0.4, 0.5) is 0 Å². The molecular formula is H4Fe3MnNbSi2Ti. The van der Waals surface area contributed by atoms with Gasteiger partial charge in [0.1, 0.15) is 0 Å². The molecule has 0 aromatic carbocycles. The summed E-state index contributed by atoms with van der Waals surface area (Å²) in [6.45, 7) is 0. The molecule has 0 amide bonds. The van der Waals surface area contributed by atoms with Gasteiger partial charge >= 0.3 is 0 Å². The summed E-state index contributed by atoms with van der Waals surface area (Å²) in [4.78, 5) is 0. The molecule has 0 aliphatic rings. The first-order valence-electron chi connectivity index (χ1n) is 0.577. The fourth-order valence-corrected chi connectivity index (χ4v) is 0. The van der Waals surface area contributed by atoms with Crippen LogP contribution in [0.3, 0.4) is 0 Å². The van der Waals surface area contributed by atoms with E-state index in [9.17, 15) is 0 Å². The van der Waals surface area contributed by atoms with Gasteiger partial charge in [-0.1, -0.05) is 0 Å². The normalized spacial score (nSPS) is 1.12. The van der Waals surface area contributed by atoms with Gasteiger partial charge in [0.2, 0.25) is 0 Å². The van der Waals surface area contributed by atoms with Crippen molar-refractivity contribution < 1.29 is 112 Å². The first kappa shape index (κ1) is 58.3. The van der Waals surface area contributed by atoms with Crippen LogP contribution in [0.25, 0.3) is 0 Å². The molecule has 0 aliphatic heterocycles. The van der Waals surface area contributed by atoms with E-state index in [1.54, 1.807) is 0 Å². The summed E-state index contributed by atoms with van der Waals surface area (Å²) >= 11 is 0. The van der Waals surface area contributed by atoms with Gasteiger partial charge in [0.25, 0.3) is 0 Å². The summed E-state index contributed by atoms with van der Waals surface area (Å²) in [5.74, 6) is 0. The maximum Gasteiger partial charge on any atom is 0 e. The van der Waals surface area contributed by atoms with Crippen molar-refractivity contribution in [1.82, 2.24) is 0 Å². The third-order valence-corrected chi connectivity index (χ3v) is 0. The van der Waals surface area contributed by atoms with E-state index in [2.05, 4.69) is 9.76 Å². The molecule has 8 heavy (non-hydrogen) atoms. The molecule has 0 atom stereocenters. The molecular weight excluding hydrogens is 419 g/mol. The Labute approximate surface area is 130 Å². The number of hydrogen-bond acceptors (Lipinski definition) is 0. The fraction of sp³-hybridized carbons (Fsp3) is 0. The zero-order chi connectivity index (χ0) is 2.00.